The van der Waals surface area contributed by atoms with Gasteiger partial charge in [0, 0.05) is 12.4 Å². The highest BCUT2D eigenvalue weighted by atomic mass is 32.1. The van der Waals surface area contributed by atoms with Gasteiger partial charge in [0.05, 0.1) is 16.8 Å². The van der Waals surface area contributed by atoms with Crippen LogP contribution in [0, 0.1) is 19.7 Å². The van der Waals surface area contributed by atoms with Crippen LogP contribution in [0.2, 0.25) is 0 Å². The van der Waals surface area contributed by atoms with Crippen molar-refractivity contribution in [3.63, 3.8) is 0 Å². The lowest BCUT2D eigenvalue weighted by atomic mass is 10.1. The van der Waals surface area contributed by atoms with Crippen molar-refractivity contribution in [1.82, 2.24) is 9.97 Å². The fourth-order valence-corrected chi connectivity index (χ4v) is 4.04. The molecule has 0 aliphatic carbocycles. The number of aromatic nitrogens is 2. The van der Waals surface area contributed by atoms with Crippen LogP contribution in [-0.2, 0) is 11.3 Å². The first-order chi connectivity index (χ1) is 14.5. The molecule has 2 heterocycles. The van der Waals surface area contributed by atoms with Crippen LogP contribution in [0.15, 0.2) is 60.9 Å². The lowest BCUT2D eigenvalue weighted by Gasteiger charge is -2.20. The zero-order valence-corrected chi connectivity index (χ0v) is 17.4. The van der Waals surface area contributed by atoms with Gasteiger partial charge in [0.1, 0.15) is 11.6 Å². The second kappa shape index (κ2) is 8.59. The molecule has 2 aromatic carbocycles. The van der Waals surface area contributed by atoms with E-state index in [0.717, 1.165) is 21.3 Å². The topological polar surface area (TPSA) is 55.3 Å². The van der Waals surface area contributed by atoms with E-state index in [2.05, 4.69) is 18.0 Å². The summed E-state index contributed by atoms with van der Waals surface area (Å²) in [4.78, 5) is 23.5. The highest BCUT2D eigenvalue weighted by Crippen LogP contribution is 2.31. The number of fused-ring (bicyclic) bond motifs is 1. The summed E-state index contributed by atoms with van der Waals surface area (Å²) in [5.41, 5.74) is 4.09. The molecule has 1 amide bonds. The highest BCUT2D eigenvalue weighted by Gasteiger charge is 2.21. The molecule has 152 valence electrons. The molecule has 7 heteroatoms. The van der Waals surface area contributed by atoms with Crippen molar-refractivity contribution < 1.29 is 13.9 Å². The summed E-state index contributed by atoms with van der Waals surface area (Å²) in [5.74, 6) is -0.163. The number of thiazole rings is 1. The Labute approximate surface area is 177 Å². The molecule has 5 nitrogen and oxygen atoms in total. The van der Waals surface area contributed by atoms with E-state index in [4.69, 9.17) is 9.72 Å². The number of amides is 1. The van der Waals surface area contributed by atoms with E-state index in [1.54, 1.807) is 17.3 Å². The molecule has 0 aliphatic rings. The number of carbonyl (C=O) groups excluding carboxylic acids is 1. The standard InChI is InChI=1S/C23H20FN3O2S/c1-15-10-20-21(11-16(15)2)30-23(26-20)27(13-17-4-3-9-25-12-17)22(28)14-29-19-7-5-18(24)6-8-19/h3-12H,13-14H2,1-2H3. The Hall–Kier alpha value is -3.32. The molecule has 0 unspecified atom stereocenters. The number of ether oxygens (including phenoxy) is 1. The molecule has 0 bridgehead atoms. The van der Waals surface area contributed by atoms with Gasteiger partial charge in [-0.05, 0) is 73.0 Å². The van der Waals surface area contributed by atoms with Crippen LogP contribution in [-0.4, -0.2) is 22.5 Å². The number of aryl methyl sites for hydroxylation is 2. The first kappa shape index (κ1) is 20.0. The summed E-state index contributed by atoms with van der Waals surface area (Å²) in [6.45, 7) is 4.25. The van der Waals surface area contributed by atoms with Gasteiger partial charge in [0.2, 0.25) is 0 Å². The Morgan fingerprint density at radius 3 is 2.63 bits per heavy atom. The van der Waals surface area contributed by atoms with Crippen LogP contribution in [0.3, 0.4) is 0 Å². The minimum atomic E-state index is -0.355. The number of halogens is 1. The minimum Gasteiger partial charge on any atom is -0.484 e. The molecule has 0 aliphatic heterocycles. The Bertz CT molecular complexity index is 1140. The van der Waals surface area contributed by atoms with Crippen molar-refractivity contribution in [3.8, 4) is 5.75 Å². The molecule has 0 saturated heterocycles. The third kappa shape index (κ3) is 4.46. The molecule has 4 rings (SSSR count). The van der Waals surface area contributed by atoms with Gasteiger partial charge in [0.25, 0.3) is 5.91 Å². The first-order valence-corrected chi connectivity index (χ1v) is 10.3. The second-order valence-corrected chi connectivity index (χ2v) is 7.99. The summed E-state index contributed by atoms with van der Waals surface area (Å²) >= 11 is 1.47. The molecule has 0 spiro atoms. The van der Waals surface area contributed by atoms with Crippen LogP contribution in [0.25, 0.3) is 10.2 Å². The normalized spacial score (nSPS) is 10.9. The SMILES string of the molecule is Cc1cc2nc(N(Cc3cccnc3)C(=O)COc3ccc(F)cc3)sc2cc1C. The van der Waals surface area contributed by atoms with Crippen LogP contribution < -0.4 is 9.64 Å². The van der Waals surface area contributed by atoms with E-state index in [1.807, 2.05) is 25.1 Å². The van der Waals surface area contributed by atoms with Crippen molar-refractivity contribution in [1.29, 1.82) is 0 Å². The number of pyridine rings is 1. The smallest absolute Gasteiger partial charge is 0.267 e. The number of nitrogens with zero attached hydrogens (tertiary/aromatic N) is 3. The molecule has 30 heavy (non-hydrogen) atoms. The lowest BCUT2D eigenvalue weighted by molar-refractivity contribution is -0.120. The Kier molecular flexibility index (Phi) is 5.72. The van der Waals surface area contributed by atoms with Gasteiger partial charge in [-0.25, -0.2) is 9.37 Å². The van der Waals surface area contributed by atoms with Crippen molar-refractivity contribution in [2.24, 2.45) is 0 Å². The average molecular weight is 421 g/mol. The van der Waals surface area contributed by atoms with E-state index in [0.29, 0.717) is 17.4 Å². The van der Waals surface area contributed by atoms with Gasteiger partial charge in [-0.2, -0.15) is 0 Å². The molecule has 4 aromatic rings. The largest absolute Gasteiger partial charge is 0.484 e. The number of carbonyl (C=O) groups is 1. The maximum absolute atomic E-state index is 13.1. The lowest BCUT2D eigenvalue weighted by Crippen LogP contribution is -2.34. The summed E-state index contributed by atoms with van der Waals surface area (Å²) < 4.78 is 19.7. The van der Waals surface area contributed by atoms with Crippen LogP contribution >= 0.6 is 11.3 Å². The molecular weight excluding hydrogens is 401 g/mol. The van der Waals surface area contributed by atoms with E-state index >= 15 is 0 Å². The Balaban J connectivity index is 1.62. The average Bonchev–Trinajstić information content (AvgIpc) is 3.14. The number of benzene rings is 2. The highest BCUT2D eigenvalue weighted by molar-refractivity contribution is 7.22. The summed E-state index contributed by atoms with van der Waals surface area (Å²) in [5, 5.41) is 0.603. The van der Waals surface area contributed by atoms with Crippen LogP contribution in [0.1, 0.15) is 16.7 Å². The van der Waals surface area contributed by atoms with Crippen molar-refractivity contribution in [2.75, 3.05) is 11.5 Å². The number of hydrogen-bond acceptors (Lipinski definition) is 5. The fourth-order valence-electron chi connectivity index (χ4n) is 2.97. The molecule has 0 atom stereocenters. The Morgan fingerprint density at radius 1 is 1.13 bits per heavy atom. The molecular formula is C23H20FN3O2S. The Morgan fingerprint density at radius 2 is 1.90 bits per heavy atom. The first-order valence-electron chi connectivity index (χ1n) is 9.45. The van der Waals surface area contributed by atoms with E-state index in [1.165, 1.54) is 41.2 Å². The second-order valence-electron chi connectivity index (χ2n) is 6.98. The van der Waals surface area contributed by atoms with E-state index in [9.17, 15) is 9.18 Å². The predicted molar refractivity (Wildman–Crippen MR) is 116 cm³/mol. The van der Waals surface area contributed by atoms with Gasteiger partial charge >= 0.3 is 0 Å². The fraction of sp³-hybridized carbons (Fsp3) is 0.174. The van der Waals surface area contributed by atoms with Crippen molar-refractivity contribution in [2.45, 2.75) is 20.4 Å². The summed E-state index contributed by atoms with van der Waals surface area (Å²) in [6.07, 6.45) is 3.42. The van der Waals surface area contributed by atoms with Gasteiger partial charge in [-0.1, -0.05) is 17.4 Å². The number of anilines is 1. The zero-order chi connectivity index (χ0) is 21.1. The van der Waals surface area contributed by atoms with Crippen LogP contribution in [0.5, 0.6) is 5.75 Å². The summed E-state index contributed by atoms with van der Waals surface area (Å²) in [6, 6.07) is 13.5. The maximum Gasteiger partial charge on any atom is 0.267 e. The van der Waals surface area contributed by atoms with Gasteiger partial charge in [0.15, 0.2) is 11.7 Å². The zero-order valence-electron chi connectivity index (χ0n) is 16.6. The van der Waals surface area contributed by atoms with Gasteiger partial charge in [-0.15, -0.1) is 0 Å². The van der Waals surface area contributed by atoms with Gasteiger partial charge in [-0.3, -0.25) is 14.7 Å². The molecule has 0 N–H and O–H groups in total. The third-order valence-corrected chi connectivity index (χ3v) is 5.81. The molecule has 0 fully saturated rings. The third-order valence-electron chi connectivity index (χ3n) is 4.76. The molecule has 0 radical (unpaired) electrons. The monoisotopic (exact) mass is 421 g/mol. The molecule has 2 aromatic heterocycles. The predicted octanol–water partition coefficient (Wildman–Crippen LogP) is 5.06. The van der Waals surface area contributed by atoms with Crippen molar-refractivity contribution in [3.05, 3.63) is 83.4 Å². The van der Waals surface area contributed by atoms with Crippen LogP contribution in [0.4, 0.5) is 9.52 Å². The van der Waals surface area contributed by atoms with Crippen molar-refractivity contribution >= 4 is 32.6 Å². The quantitative estimate of drug-likeness (QED) is 0.437. The number of rotatable bonds is 6. The minimum absolute atomic E-state index is 0.181. The van der Waals surface area contributed by atoms with Gasteiger partial charge < -0.3 is 4.74 Å². The maximum atomic E-state index is 13.1. The number of hydrogen-bond donors (Lipinski definition) is 0. The van der Waals surface area contributed by atoms with E-state index < -0.39 is 0 Å². The van der Waals surface area contributed by atoms with E-state index in [-0.39, 0.29) is 18.3 Å². The summed E-state index contributed by atoms with van der Waals surface area (Å²) in [7, 11) is 0. The molecule has 0 saturated carbocycles.